The average Bonchev–Trinajstić information content (AvgIpc) is 2.96. The molecule has 7 nitrogen and oxygen atoms in total. The van der Waals surface area contributed by atoms with Crippen LogP contribution in [0, 0.1) is 0 Å². The van der Waals surface area contributed by atoms with Gasteiger partial charge in [0.2, 0.25) is 5.91 Å². The number of likely N-dealkylation sites (tertiary alicyclic amines) is 1. The molecule has 1 unspecified atom stereocenters. The third-order valence-electron chi connectivity index (χ3n) is 3.58. The van der Waals surface area contributed by atoms with Gasteiger partial charge in [0, 0.05) is 23.6 Å². The first-order valence-corrected chi connectivity index (χ1v) is 6.45. The Balaban J connectivity index is 1.81. The van der Waals surface area contributed by atoms with E-state index < -0.39 is 17.9 Å². The van der Waals surface area contributed by atoms with Gasteiger partial charge >= 0.3 is 0 Å². The number of nitrogens with two attached hydrogens (primary N) is 1. The van der Waals surface area contributed by atoms with Gasteiger partial charge in [0.25, 0.3) is 11.8 Å². The largest absolute Gasteiger partial charge is 0.399 e. The van der Waals surface area contributed by atoms with Gasteiger partial charge in [-0.3, -0.25) is 19.3 Å². The molecule has 0 saturated carbocycles. The molecule has 1 aromatic carbocycles. The summed E-state index contributed by atoms with van der Waals surface area (Å²) in [6.45, 7) is 0. The molecule has 1 aliphatic rings. The highest BCUT2D eigenvalue weighted by Crippen LogP contribution is 2.19. The maximum Gasteiger partial charge on any atom is 0.268 e. The van der Waals surface area contributed by atoms with Gasteiger partial charge in [0.1, 0.15) is 11.7 Å². The molecular weight excluding hydrogens is 272 g/mol. The minimum atomic E-state index is -0.800. The first kappa shape index (κ1) is 13.2. The number of imide groups is 1. The molecule has 21 heavy (non-hydrogen) atoms. The first-order chi connectivity index (χ1) is 9.95. The fourth-order valence-corrected chi connectivity index (χ4v) is 2.38. The van der Waals surface area contributed by atoms with Crippen LogP contribution in [0.2, 0.25) is 0 Å². The van der Waals surface area contributed by atoms with E-state index in [9.17, 15) is 14.4 Å². The summed E-state index contributed by atoms with van der Waals surface area (Å²) in [5.74, 6) is -1.12. The Hall–Kier alpha value is -2.83. The third-order valence-corrected chi connectivity index (χ3v) is 3.58. The molecular formula is C14H14N4O3. The predicted molar refractivity (Wildman–Crippen MR) is 76.4 cm³/mol. The van der Waals surface area contributed by atoms with Crippen molar-refractivity contribution in [3.05, 3.63) is 30.0 Å². The standard InChI is InChI=1S/C14H14N4O3/c1-18-12(19)6-11(14(18)21)17-13(20)10-5-7-4-8(15)2-3-9(7)16-10/h2-5,11,16H,6,15H2,1H3,(H,17,20). The molecule has 1 aliphatic heterocycles. The molecule has 108 valence electrons. The fourth-order valence-electron chi connectivity index (χ4n) is 2.38. The number of nitrogen functional groups attached to an aromatic ring is 1. The number of hydrogen-bond donors (Lipinski definition) is 3. The third kappa shape index (κ3) is 2.22. The van der Waals surface area contributed by atoms with Crippen LogP contribution in [0.1, 0.15) is 16.9 Å². The molecule has 3 amide bonds. The van der Waals surface area contributed by atoms with Crippen LogP contribution in [-0.4, -0.2) is 40.7 Å². The highest BCUT2D eigenvalue weighted by Gasteiger charge is 2.37. The summed E-state index contributed by atoms with van der Waals surface area (Å²) in [5.41, 5.74) is 7.39. The predicted octanol–water partition coefficient (Wildman–Crippen LogP) is 0.237. The van der Waals surface area contributed by atoms with Gasteiger partial charge in [-0.1, -0.05) is 0 Å². The fraction of sp³-hybridized carbons (Fsp3) is 0.214. The van der Waals surface area contributed by atoms with Crippen molar-refractivity contribution in [3.8, 4) is 0 Å². The summed E-state index contributed by atoms with van der Waals surface area (Å²) in [7, 11) is 1.41. The number of carbonyl (C=O) groups excluding carboxylic acids is 3. The minimum absolute atomic E-state index is 0.00570. The van der Waals surface area contributed by atoms with Gasteiger partial charge in [-0.15, -0.1) is 0 Å². The lowest BCUT2D eigenvalue weighted by atomic mass is 10.2. The summed E-state index contributed by atoms with van der Waals surface area (Å²) >= 11 is 0. The highest BCUT2D eigenvalue weighted by atomic mass is 16.2. The smallest absolute Gasteiger partial charge is 0.268 e. The van der Waals surface area contributed by atoms with Crippen molar-refractivity contribution in [3.63, 3.8) is 0 Å². The second kappa shape index (κ2) is 4.62. The minimum Gasteiger partial charge on any atom is -0.399 e. The van der Waals surface area contributed by atoms with Crippen LogP contribution in [-0.2, 0) is 9.59 Å². The van der Waals surface area contributed by atoms with Crippen LogP contribution in [0.4, 0.5) is 5.69 Å². The van der Waals surface area contributed by atoms with Crippen molar-refractivity contribution >= 4 is 34.3 Å². The molecule has 1 saturated heterocycles. The molecule has 4 N–H and O–H groups in total. The number of carbonyl (C=O) groups is 3. The highest BCUT2D eigenvalue weighted by molar-refractivity contribution is 6.08. The van der Waals surface area contributed by atoms with Gasteiger partial charge in [0.15, 0.2) is 0 Å². The van der Waals surface area contributed by atoms with E-state index in [1.807, 2.05) is 0 Å². The second-order valence-corrected chi connectivity index (χ2v) is 5.05. The summed E-state index contributed by atoms with van der Waals surface area (Å²) in [4.78, 5) is 39.3. The van der Waals surface area contributed by atoms with E-state index in [1.165, 1.54) is 7.05 Å². The monoisotopic (exact) mass is 286 g/mol. The van der Waals surface area contributed by atoms with Crippen LogP contribution in [0.25, 0.3) is 10.9 Å². The van der Waals surface area contributed by atoms with Crippen LogP contribution < -0.4 is 11.1 Å². The van der Waals surface area contributed by atoms with Crippen molar-refractivity contribution in [1.29, 1.82) is 0 Å². The van der Waals surface area contributed by atoms with Crippen molar-refractivity contribution in [2.75, 3.05) is 12.8 Å². The molecule has 1 aromatic heterocycles. The zero-order valence-corrected chi connectivity index (χ0v) is 11.3. The molecule has 2 heterocycles. The number of nitrogens with one attached hydrogen (secondary N) is 2. The van der Waals surface area contributed by atoms with E-state index in [2.05, 4.69) is 10.3 Å². The lowest BCUT2D eigenvalue weighted by molar-refractivity contribution is -0.137. The summed E-state index contributed by atoms with van der Waals surface area (Å²) in [5, 5.41) is 3.38. The molecule has 3 rings (SSSR count). The van der Waals surface area contributed by atoms with Gasteiger partial charge in [-0.05, 0) is 24.3 Å². The number of nitrogens with zero attached hydrogens (tertiary/aromatic N) is 1. The number of rotatable bonds is 2. The van der Waals surface area contributed by atoms with E-state index in [0.717, 1.165) is 15.8 Å². The van der Waals surface area contributed by atoms with Crippen molar-refractivity contribution < 1.29 is 14.4 Å². The van der Waals surface area contributed by atoms with Crippen molar-refractivity contribution in [1.82, 2.24) is 15.2 Å². The average molecular weight is 286 g/mol. The Labute approximate surface area is 120 Å². The summed E-state index contributed by atoms with van der Waals surface area (Å²) in [6.07, 6.45) is -0.00570. The van der Waals surface area contributed by atoms with Crippen LogP contribution in [0.3, 0.4) is 0 Å². The van der Waals surface area contributed by atoms with Crippen LogP contribution in [0.15, 0.2) is 24.3 Å². The zero-order chi connectivity index (χ0) is 15.1. The number of fused-ring (bicyclic) bond motifs is 1. The quantitative estimate of drug-likeness (QED) is 0.542. The van der Waals surface area contributed by atoms with E-state index in [-0.39, 0.29) is 12.3 Å². The molecule has 7 heteroatoms. The van der Waals surface area contributed by atoms with E-state index in [4.69, 9.17) is 5.73 Å². The molecule has 2 aromatic rings. The number of hydrogen-bond acceptors (Lipinski definition) is 4. The van der Waals surface area contributed by atoms with Crippen molar-refractivity contribution in [2.24, 2.45) is 0 Å². The number of H-pyrrole nitrogens is 1. The molecule has 1 fully saturated rings. The van der Waals surface area contributed by atoms with Gasteiger partial charge in [-0.25, -0.2) is 0 Å². The molecule has 1 atom stereocenters. The van der Waals surface area contributed by atoms with Gasteiger partial charge < -0.3 is 16.0 Å². The van der Waals surface area contributed by atoms with Gasteiger partial charge in [-0.2, -0.15) is 0 Å². The first-order valence-electron chi connectivity index (χ1n) is 6.45. The Morgan fingerprint density at radius 3 is 2.81 bits per heavy atom. The van der Waals surface area contributed by atoms with E-state index >= 15 is 0 Å². The lowest BCUT2D eigenvalue weighted by Gasteiger charge is -2.10. The Bertz CT molecular complexity index is 765. The lowest BCUT2D eigenvalue weighted by Crippen LogP contribution is -2.40. The number of aromatic nitrogens is 1. The Morgan fingerprint density at radius 1 is 1.38 bits per heavy atom. The van der Waals surface area contributed by atoms with E-state index in [1.54, 1.807) is 24.3 Å². The maximum absolute atomic E-state index is 12.2. The Kier molecular flexibility index (Phi) is 2.90. The zero-order valence-electron chi connectivity index (χ0n) is 11.3. The number of aromatic amines is 1. The number of anilines is 1. The Morgan fingerprint density at radius 2 is 2.14 bits per heavy atom. The topological polar surface area (TPSA) is 108 Å². The van der Waals surface area contributed by atoms with Gasteiger partial charge in [0.05, 0.1) is 6.42 Å². The normalized spacial score (nSPS) is 18.5. The van der Waals surface area contributed by atoms with Crippen LogP contribution >= 0.6 is 0 Å². The summed E-state index contributed by atoms with van der Waals surface area (Å²) < 4.78 is 0. The molecule has 0 bridgehead atoms. The molecule has 0 spiro atoms. The molecule has 0 radical (unpaired) electrons. The van der Waals surface area contributed by atoms with E-state index in [0.29, 0.717) is 11.4 Å². The van der Waals surface area contributed by atoms with Crippen LogP contribution in [0.5, 0.6) is 0 Å². The summed E-state index contributed by atoms with van der Waals surface area (Å²) in [6, 6.07) is 6.12. The molecule has 0 aliphatic carbocycles. The maximum atomic E-state index is 12.2. The van der Waals surface area contributed by atoms with Crippen molar-refractivity contribution in [2.45, 2.75) is 12.5 Å². The number of amides is 3. The SMILES string of the molecule is CN1C(=O)CC(NC(=O)c2cc3cc(N)ccc3[nH]2)C1=O. The number of benzene rings is 1. The second-order valence-electron chi connectivity index (χ2n) is 5.05. The number of likely N-dealkylation sites (N-methyl/N-ethyl adjacent to an activating group) is 1.